The van der Waals surface area contributed by atoms with Crippen molar-refractivity contribution in [3.05, 3.63) is 90.0 Å². The van der Waals surface area contributed by atoms with Crippen LogP contribution in [-0.2, 0) is 36.2 Å². The van der Waals surface area contributed by atoms with Gasteiger partial charge in [0.15, 0.2) is 0 Å². The van der Waals surface area contributed by atoms with Crippen LogP contribution in [0.5, 0.6) is 0 Å². The van der Waals surface area contributed by atoms with Crippen LogP contribution in [0.4, 0.5) is 5.69 Å². The summed E-state index contributed by atoms with van der Waals surface area (Å²) >= 11 is 0. The smallest absolute Gasteiger partial charge is 0.294 e. The highest BCUT2D eigenvalue weighted by atomic mass is 32.2. The number of carbonyl (C=O) groups excluding carboxylic acids is 2. The normalized spacial score (nSPS) is 13.0. The van der Waals surface area contributed by atoms with Crippen LogP contribution < -0.4 is 16.6 Å². The third kappa shape index (κ3) is 12.7. The number of nitrogens with zero attached hydrogens (tertiary/aromatic N) is 1. The summed E-state index contributed by atoms with van der Waals surface area (Å²) in [7, 11) is -8.18. The van der Waals surface area contributed by atoms with Crippen molar-refractivity contribution in [3.8, 4) is 0 Å². The minimum atomic E-state index is -4.16. The fraction of sp³-hybridized carbons (Fsp3) is 0.412. The maximum Gasteiger partial charge on any atom is 0.294 e. The molecule has 2 atom stereocenters. The van der Waals surface area contributed by atoms with Gasteiger partial charge in [-0.15, -0.1) is 4.41 Å². The zero-order valence-electron chi connectivity index (χ0n) is 28.0. The first-order chi connectivity index (χ1) is 22.5. The summed E-state index contributed by atoms with van der Waals surface area (Å²) in [5, 5.41) is 9.44. The van der Waals surface area contributed by atoms with Gasteiger partial charge < -0.3 is 5.73 Å². The number of sulfonamides is 1. The van der Waals surface area contributed by atoms with Gasteiger partial charge in [-0.1, -0.05) is 87.9 Å². The predicted molar refractivity (Wildman–Crippen MR) is 184 cm³/mol. The summed E-state index contributed by atoms with van der Waals surface area (Å²) in [6.07, 6.45) is 1.98. The quantitative estimate of drug-likeness (QED) is 0.0626. The molecule has 14 heteroatoms. The average molecular weight is 705 g/mol. The maximum absolute atomic E-state index is 13.6. The average Bonchev–Trinajstić information content (AvgIpc) is 3.02. The Kier molecular flexibility index (Phi) is 15.7. The van der Waals surface area contributed by atoms with Gasteiger partial charge >= 0.3 is 0 Å². The number of nitrogen functional groups attached to an aromatic ring is 1. The minimum absolute atomic E-state index is 0.0156. The lowest BCUT2D eigenvalue weighted by Gasteiger charge is -2.30. The molecule has 12 nitrogen and oxygen atoms in total. The number of rotatable bonds is 15. The number of para-hydroxylation sites is 1. The van der Waals surface area contributed by atoms with Gasteiger partial charge in [-0.2, -0.15) is 8.42 Å². The first-order valence-corrected chi connectivity index (χ1v) is 18.5. The summed E-state index contributed by atoms with van der Waals surface area (Å²) in [6, 6.07) is 21.8. The summed E-state index contributed by atoms with van der Waals surface area (Å²) in [6.45, 7) is 9.37. The van der Waals surface area contributed by atoms with E-state index in [0.29, 0.717) is 25.7 Å². The summed E-state index contributed by atoms with van der Waals surface area (Å²) in [5.41, 5.74) is 12.4. The largest absolute Gasteiger partial charge is 0.398 e. The lowest BCUT2D eigenvalue weighted by Crippen LogP contribution is -2.52. The molecular formula is C34H48N4O8S2. The highest BCUT2D eigenvalue weighted by Gasteiger charge is 2.37. The minimum Gasteiger partial charge on any atom is -0.398 e. The van der Waals surface area contributed by atoms with E-state index < -0.39 is 43.8 Å². The van der Waals surface area contributed by atoms with Gasteiger partial charge in [0.25, 0.3) is 20.1 Å². The van der Waals surface area contributed by atoms with E-state index in [1.807, 2.05) is 65.0 Å². The first kappa shape index (κ1) is 40.4. The number of hydroxylamine groups is 1. The van der Waals surface area contributed by atoms with Crippen molar-refractivity contribution in [2.45, 2.75) is 70.1 Å². The number of nitrogens with two attached hydrogens (primary N) is 1. The van der Waals surface area contributed by atoms with E-state index in [1.54, 1.807) is 29.7 Å². The van der Waals surface area contributed by atoms with E-state index in [0.717, 1.165) is 15.5 Å². The second kappa shape index (κ2) is 18.7. The lowest BCUT2D eigenvalue weighted by molar-refractivity contribution is -0.142. The molecule has 0 bridgehead atoms. The van der Waals surface area contributed by atoms with E-state index in [4.69, 9.17) is 10.3 Å². The van der Waals surface area contributed by atoms with Crippen molar-refractivity contribution < 1.29 is 36.2 Å². The van der Waals surface area contributed by atoms with Crippen molar-refractivity contribution >= 4 is 37.6 Å². The van der Waals surface area contributed by atoms with Crippen molar-refractivity contribution in [2.24, 2.45) is 23.7 Å². The Morgan fingerprint density at radius 1 is 0.812 bits per heavy atom. The summed E-state index contributed by atoms with van der Waals surface area (Å²) < 4.78 is 57.4. The molecule has 3 rings (SSSR count). The molecule has 2 amide bonds. The number of hydrogen-bond acceptors (Lipinski definition) is 8. The Bertz CT molecular complexity index is 1680. The number of nitrogens with one attached hydrogen (secondary N) is 2. The number of amides is 2. The zero-order valence-corrected chi connectivity index (χ0v) is 29.7. The number of carbonyl (C=O) groups is 2. The third-order valence-electron chi connectivity index (χ3n) is 7.39. The molecule has 0 saturated carbocycles. The first-order valence-electron chi connectivity index (χ1n) is 15.7. The Morgan fingerprint density at radius 2 is 1.40 bits per heavy atom. The molecule has 0 aliphatic rings. The molecule has 3 aromatic carbocycles. The molecule has 0 radical (unpaired) electrons. The monoisotopic (exact) mass is 704 g/mol. The second-order valence-electron chi connectivity index (χ2n) is 12.4. The SMILES string of the molecule is CC(C)C[C@@H](C(=O)NN(CC(C)C)S(=O)(=O)c1ccccc1N)[C@H](CCCc1ccccc1)C(=O)NO.Cc1ccc(S(=O)(=O)O)cc1. The number of aryl methyl sites for hydroxylation is 2. The molecule has 0 spiro atoms. The Labute approximate surface area is 284 Å². The van der Waals surface area contributed by atoms with Gasteiger partial charge in [-0.05, 0) is 74.3 Å². The molecule has 0 aromatic heterocycles. The maximum atomic E-state index is 13.6. The number of benzene rings is 3. The molecule has 6 N–H and O–H groups in total. The molecular weight excluding hydrogens is 657 g/mol. The van der Waals surface area contributed by atoms with Crippen LogP contribution in [-0.4, -0.2) is 49.4 Å². The van der Waals surface area contributed by atoms with Crippen LogP contribution in [0.15, 0.2) is 88.7 Å². The molecule has 264 valence electrons. The number of hydrogen-bond donors (Lipinski definition) is 5. The molecule has 3 aromatic rings. The van der Waals surface area contributed by atoms with Crippen LogP contribution in [0.2, 0.25) is 0 Å². The van der Waals surface area contributed by atoms with Crippen molar-refractivity contribution in [1.82, 2.24) is 15.3 Å². The van der Waals surface area contributed by atoms with E-state index in [9.17, 15) is 31.6 Å². The molecule has 0 aliphatic heterocycles. The Hall–Kier alpha value is -3.82. The van der Waals surface area contributed by atoms with E-state index >= 15 is 0 Å². The van der Waals surface area contributed by atoms with E-state index in [1.165, 1.54) is 24.3 Å². The van der Waals surface area contributed by atoms with Crippen molar-refractivity contribution in [2.75, 3.05) is 12.3 Å². The summed E-state index contributed by atoms with van der Waals surface area (Å²) in [5.74, 6) is -3.03. The fourth-order valence-corrected chi connectivity index (χ4v) is 7.05. The van der Waals surface area contributed by atoms with Gasteiger partial charge in [-0.25, -0.2) is 13.9 Å². The molecule has 0 unspecified atom stereocenters. The van der Waals surface area contributed by atoms with Gasteiger partial charge in [0.2, 0.25) is 11.8 Å². The molecule has 0 saturated heterocycles. The lowest BCUT2D eigenvalue weighted by atomic mass is 9.81. The second-order valence-corrected chi connectivity index (χ2v) is 15.7. The van der Waals surface area contributed by atoms with Gasteiger partial charge in [0.05, 0.1) is 22.4 Å². The van der Waals surface area contributed by atoms with Gasteiger partial charge in [0.1, 0.15) is 4.90 Å². The predicted octanol–water partition coefficient (Wildman–Crippen LogP) is 5.00. The molecule has 48 heavy (non-hydrogen) atoms. The van der Waals surface area contributed by atoms with Crippen LogP contribution in [0.3, 0.4) is 0 Å². The highest BCUT2D eigenvalue weighted by Crippen LogP contribution is 2.28. The standard InChI is InChI=1S/C27H40N4O5S.C7H8O3S/c1-19(2)17-23(22(27(33)30-34)14-10-13-21-11-6-5-7-12-21)26(32)29-31(18-20(3)4)37(35,36)25-16-9-8-15-24(25)28;1-6-2-4-7(5-3-6)11(8,9)10/h5-9,11-12,15-16,19-20,22-23,34H,10,13-14,17-18,28H2,1-4H3,(H,29,32)(H,30,33);2-5H,1H3,(H,8,9,10)/t22-,23+;/m0./s1. The van der Waals surface area contributed by atoms with E-state index in [-0.39, 0.29) is 33.9 Å². The van der Waals surface area contributed by atoms with Crippen LogP contribution in [0.25, 0.3) is 0 Å². The molecule has 0 heterocycles. The molecule has 0 aliphatic carbocycles. The Balaban J connectivity index is 0.000000613. The van der Waals surface area contributed by atoms with Gasteiger partial charge in [-0.3, -0.25) is 24.8 Å². The van der Waals surface area contributed by atoms with E-state index in [2.05, 4.69) is 5.43 Å². The number of anilines is 1. The Morgan fingerprint density at radius 3 is 1.92 bits per heavy atom. The highest BCUT2D eigenvalue weighted by molar-refractivity contribution is 7.89. The van der Waals surface area contributed by atoms with Crippen molar-refractivity contribution in [3.63, 3.8) is 0 Å². The van der Waals surface area contributed by atoms with Crippen molar-refractivity contribution in [1.29, 1.82) is 0 Å². The zero-order chi connectivity index (χ0) is 36.1. The van der Waals surface area contributed by atoms with Crippen LogP contribution in [0.1, 0.15) is 58.1 Å². The van der Waals surface area contributed by atoms with Crippen LogP contribution >= 0.6 is 0 Å². The number of hydrazine groups is 1. The summed E-state index contributed by atoms with van der Waals surface area (Å²) in [4.78, 5) is 26.2. The molecule has 0 fully saturated rings. The van der Waals surface area contributed by atoms with Gasteiger partial charge in [0, 0.05) is 6.54 Å². The topological polar surface area (TPSA) is 196 Å². The third-order valence-corrected chi connectivity index (χ3v) is 10.0. The van der Waals surface area contributed by atoms with Crippen LogP contribution in [0, 0.1) is 30.6 Å². The fourth-order valence-electron chi connectivity index (χ4n) is 5.02.